The van der Waals surface area contributed by atoms with Crippen LogP contribution in [0.15, 0.2) is 35.0 Å². The maximum absolute atomic E-state index is 3.48. The minimum atomic E-state index is 0.618. The smallest absolute Gasteiger partial charge is 0.0358 e. The number of rotatable bonds is 2. The number of aryl methyl sites for hydroxylation is 1. The number of piperazine rings is 1. The van der Waals surface area contributed by atoms with E-state index in [4.69, 9.17) is 0 Å². The molecule has 0 radical (unpaired) electrons. The number of fused-ring (bicyclic) bond motifs is 1. The highest BCUT2D eigenvalue weighted by Crippen LogP contribution is 2.41. The largest absolute Gasteiger partial charge is 0.314 e. The molecule has 0 saturated carbocycles. The van der Waals surface area contributed by atoms with E-state index in [-0.39, 0.29) is 0 Å². The molecule has 1 aromatic carbocycles. The van der Waals surface area contributed by atoms with Crippen LogP contribution < -0.4 is 5.32 Å². The minimum Gasteiger partial charge on any atom is -0.314 e. The van der Waals surface area contributed by atoms with E-state index in [9.17, 15) is 0 Å². The van der Waals surface area contributed by atoms with Gasteiger partial charge in [0.25, 0.3) is 0 Å². The minimum absolute atomic E-state index is 0.618. The molecular weight excluding hydrogens is 276 g/mol. The third-order valence-corrected chi connectivity index (χ3v) is 5.56. The van der Waals surface area contributed by atoms with E-state index < -0.39 is 0 Å². The summed E-state index contributed by atoms with van der Waals surface area (Å²) in [5.74, 6) is 0. The Morgan fingerprint density at radius 1 is 1.14 bits per heavy atom. The summed E-state index contributed by atoms with van der Waals surface area (Å²) in [7, 11) is 0. The first-order chi connectivity index (χ1) is 10.4. The lowest BCUT2D eigenvalue weighted by Gasteiger charge is -2.39. The van der Waals surface area contributed by atoms with Crippen LogP contribution in [-0.2, 0) is 6.42 Å². The van der Waals surface area contributed by atoms with Gasteiger partial charge in [-0.2, -0.15) is 11.3 Å². The van der Waals surface area contributed by atoms with E-state index in [1.54, 1.807) is 22.5 Å². The molecule has 0 spiro atoms. The van der Waals surface area contributed by atoms with E-state index >= 15 is 0 Å². The molecule has 0 bridgehead atoms. The Hall–Kier alpha value is -1.16. The van der Waals surface area contributed by atoms with Gasteiger partial charge in [-0.25, -0.2) is 0 Å². The quantitative estimate of drug-likeness (QED) is 0.909. The van der Waals surface area contributed by atoms with Gasteiger partial charge in [0, 0.05) is 32.2 Å². The zero-order valence-corrected chi connectivity index (χ0v) is 13.2. The van der Waals surface area contributed by atoms with Crippen LogP contribution in [-0.4, -0.2) is 31.1 Å². The fourth-order valence-electron chi connectivity index (χ4n) is 3.88. The summed E-state index contributed by atoms with van der Waals surface area (Å²) >= 11 is 1.80. The zero-order chi connectivity index (χ0) is 14.1. The monoisotopic (exact) mass is 298 g/mol. The molecule has 0 amide bonds. The standard InChI is InChI=1S/C18H22N2S/c1-3-14-4-2-6-17(20-10-8-19-9-11-20)18(14)16(5-1)15-7-12-21-13-15/h1,3,5,7,12-13,17,19H,2,4,6,8-11H2. The molecule has 1 aliphatic carbocycles. The van der Waals surface area contributed by atoms with Gasteiger partial charge < -0.3 is 5.32 Å². The second-order valence-electron chi connectivity index (χ2n) is 6.08. The first kappa shape index (κ1) is 13.5. The van der Waals surface area contributed by atoms with Crippen molar-refractivity contribution in [3.05, 3.63) is 46.2 Å². The van der Waals surface area contributed by atoms with Gasteiger partial charge in [-0.3, -0.25) is 4.90 Å². The summed E-state index contributed by atoms with van der Waals surface area (Å²) in [4.78, 5) is 2.70. The lowest BCUT2D eigenvalue weighted by molar-refractivity contribution is 0.158. The van der Waals surface area contributed by atoms with Crippen molar-refractivity contribution in [2.45, 2.75) is 25.3 Å². The van der Waals surface area contributed by atoms with Crippen molar-refractivity contribution in [3.8, 4) is 11.1 Å². The van der Waals surface area contributed by atoms with Gasteiger partial charge in [0.15, 0.2) is 0 Å². The van der Waals surface area contributed by atoms with Crippen molar-refractivity contribution in [1.29, 1.82) is 0 Å². The average Bonchev–Trinajstić information content (AvgIpc) is 3.09. The molecule has 1 N–H and O–H groups in total. The Labute approximate surface area is 130 Å². The van der Waals surface area contributed by atoms with Crippen LogP contribution in [0, 0.1) is 0 Å². The molecule has 2 aromatic rings. The average molecular weight is 298 g/mol. The van der Waals surface area contributed by atoms with Gasteiger partial charge in [-0.1, -0.05) is 18.2 Å². The summed E-state index contributed by atoms with van der Waals surface area (Å²) in [6.45, 7) is 4.63. The molecule has 1 atom stereocenters. The molecule has 110 valence electrons. The number of nitrogens with zero attached hydrogens (tertiary/aromatic N) is 1. The molecule has 1 fully saturated rings. The highest BCUT2D eigenvalue weighted by molar-refractivity contribution is 7.08. The molecular formula is C18H22N2S. The molecule has 2 heterocycles. The summed E-state index contributed by atoms with van der Waals surface area (Å²) in [6.07, 6.45) is 3.89. The maximum atomic E-state index is 3.48. The Bertz CT molecular complexity index is 600. The molecule has 1 unspecified atom stereocenters. The fraction of sp³-hybridized carbons (Fsp3) is 0.444. The second kappa shape index (κ2) is 5.91. The molecule has 1 saturated heterocycles. The predicted octanol–water partition coefficient (Wildman–Crippen LogP) is 3.70. The van der Waals surface area contributed by atoms with Crippen LogP contribution in [0.3, 0.4) is 0 Å². The molecule has 1 aliphatic heterocycles. The number of nitrogens with one attached hydrogen (secondary N) is 1. The van der Waals surface area contributed by atoms with Gasteiger partial charge in [0.05, 0.1) is 0 Å². The summed E-state index contributed by atoms with van der Waals surface area (Å²) < 4.78 is 0. The number of hydrogen-bond donors (Lipinski definition) is 1. The van der Waals surface area contributed by atoms with Gasteiger partial charge in [0.2, 0.25) is 0 Å². The van der Waals surface area contributed by atoms with Crippen molar-refractivity contribution in [3.63, 3.8) is 0 Å². The molecule has 1 aromatic heterocycles. The van der Waals surface area contributed by atoms with Crippen LogP contribution >= 0.6 is 11.3 Å². The predicted molar refractivity (Wildman–Crippen MR) is 89.9 cm³/mol. The molecule has 4 rings (SSSR count). The highest BCUT2D eigenvalue weighted by Gasteiger charge is 2.29. The third kappa shape index (κ3) is 2.54. The fourth-order valence-corrected chi connectivity index (χ4v) is 4.54. The first-order valence-electron chi connectivity index (χ1n) is 8.02. The first-order valence-corrected chi connectivity index (χ1v) is 8.97. The summed E-state index contributed by atoms with van der Waals surface area (Å²) in [5, 5.41) is 7.96. The van der Waals surface area contributed by atoms with Crippen molar-refractivity contribution >= 4 is 11.3 Å². The van der Waals surface area contributed by atoms with Crippen molar-refractivity contribution in [1.82, 2.24) is 10.2 Å². The van der Waals surface area contributed by atoms with Crippen molar-refractivity contribution in [2.75, 3.05) is 26.2 Å². The van der Waals surface area contributed by atoms with E-state index in [0.29, 0.717) is 6.04 Å². The molecule has 2 nitrogen and oxygen atoms in total. The molecule has 21 heavy (non-hydrogen) atoms. The van der Waals surface area contributed by atoms with Crippen LogP contribution in [0.25, 0.3) is 11.1 Å². The van der Waals surface area contributed by atoms with E-state index in [0.717, 1.165) is 13.1 Å². The number of hydrogen-bond acceptors (Lipinski definition) is 3. The van der Waals surface area contributed by atoms with Gasteiger partial charge in [0.1, 0.15) is 0 Å². The third-order valence-electron chi connectivity index (χ3n) is 4.88. The van der Waals surface area contributed by atoms with Gasteiger partial charge in [-0.15, -0.1) is 0 Å². The lowest BCUT2D eigenvalue weighted by Crippen LogP contribution is -2.45. The Kier molecular flexibility index (Phi) is 3.80. The van der Waals surface area contributed by atoms with Crippen LogP contribution in [0.1, 0.15) is 30.0 Å². The highest BCUT2D eigenvalue weighted by atomic mass is 32.1. The number of benzene rings is 1. The lowest BCUT2D eigenvalue weighted by atomic mass is 9.82. The summed E-state index contributed by atoms with van der Waals surface area (Å²) in [6, 6.07) is 9.79. The van der Waals surface area contributed by atoms with Crippen molar-refractivity contribution < 1.29 is 0 Å². The maximum Gasteiger partial charge on any atom is 0.0358 e. The van der Waals surface area contributed by atoms with Gasteiger partial charge >= 0.3 is 0 Å². The Morgan fingerprint density at radius 3 is 2.86 bits per heavy atom. The Morgan fingerprint density at radius 2 is 2.05 bits per heavy atom. The van der Waals surface area contributed by atoms with Crippen molar-refractivity contribution in [2.24, 2.45) is 0 Å². The zero-order valence-electron chi connectivity index (χ0n) is 12.3. The normalized spacial score (nSPS) is 23.0. The van der Waals surface area contributed by atoms with Crippen LogP contribution in [0.2, 0.25) is 0 Å². The summed E-state index contributed by atoms with van der Waals surface area (Å²) in [5.41, 5.74) is 6.06. The van der Waals surface area contributed by atoms with Crippen LogP contribution in [0.4, 0.5) is 0 Å². The van der Waals surface area contributed by atoms with E-state index in [2.05, 4.69) is 45.2 Å². The molecule has 3 heteroatoms. The van der Waals surface area contributed by atoms with E-state index in [1.807, 2.05) is 0 Å². The SMILES string of the molecule is c1cc2c(c(-c3ccsc3)c1)C(N1CCNCC1)CCC2. The second-order valence-corrected chi connectivity index (χ2v) is 6.86. The topological polar surface area (TPSA) is 15.3 Å². The van der Waals surface area contributed by atoms with Crippen LogP contribution in [0.5, 0.6) is 0 Å². The van der Waals surface area contributed by atoms with Gasteiger partial charge in [-0.05, 0) is 58.3 Å². The number of thiophene rings is 1. The Balaban J connectivity index is 1.78. The van der Waals surface area contributed by atoms with E-state index in [1.165, 1.54) is 43.5 Å². The molecule has 2 aliphatic rings.